The Bertz CT molecular complexity index is 662. The maximum absolute atomic E-state index is 6.05. The molecule has 1 aromatic heterocycles. The molecule has 1 radical (unpaired) electrons. The van der Waals surface area contributed by atoms with E-state index in [0.29, 0.717) is 11.8 Å². The molecule has 0 amide bonds. The molecule has 1 atom stereocenters. The van der Waals surface area contributed by atoms with Crippen molar-refractivity contribution < 1.29 is 14.2 Å². The Kier molecular flexibility index (Phi) is 8.07. The first-order valence-electron chi connectivity index (χ1n) is 12.5. The first-order valence-corrected chi connectivity index (χ1v) is 12.5. The van der Waals surface area contributed by atoms with E-state index in [-0.39, 0.29) is 11.6 Å². The lowest BCUT2D eigenvalue weighted by molar-refractivity contribution is -0.0421. The normalized spacial score (nSPS) is 25.6. The van der Waals surface area contributed by atoms with Crippen LogP contribution in [0, 0.1) is 18.3 Å². The number of aromatic nitrogens is 2. The smallest absolute Gasteiger partial charge is 0.150 e. The van der Waals surface area contributed by atoms with Crippen molar-refractivity contribution in [1.82, 2.24) is 14.7 Å². The highest BCUT2D eigenvalue weighted by atomic mass is 16.5. The first-order chi connectivity index (χ1) is 15.1. The van der Waals surface area contributed by atoms with Gasteiger partial charge in [0.05, 0.1) is 18.9 Å². The van der Waals surface area contributed by atoms with Gasteiger partial charge in [-0.05, 0) is 71.6 Å². The van der Waals surface area contributed by atoms with Crippen molar-refractivity contribution in [3.63, 3.8) is 0 Å². The third-order valence-corrected chi connectivity index (χ3v) is 7.38. The van der Waals surface area contributed by atoms with E-state index in [1.807, 2.05) is 0 Å². The maximum atomic E-state index is 6.05. The van der Waals surface area contributed by atoms with Crippen LogP contribution in [-0.2, 0) is 20.8 Å². The molecule has 0 N–H and O–H groups in total. The molecule has 2 saturated heterocycles. The van der Waals surface area contributed by atoms with Gasteiger partial charge in [-0.1, -0.05) is 0 Å². The first kappa shape index (κ1) is 23.2. The monoisotopic (exact) mass is 432 g/mol. The summed E-state index contributed by atoms with van der Waals surface area (Å²) in [5.74, 6) is 1.10. The van der Waals surface area contributed by atoms with Crippen LogP contribution in [0.4, 0.5) is 0 Å². The zero-order valence-electron chi connectivity index (χ0n) is 19.7. The van der Waals surface area contributed by atoms with Gasteiger partial charge < -0.3 is 14.2 Å². The molecule has 0 spiro atoms. The SMILES string of the molecule is [CH2]C1CN(Cc2cn(C3CCCCO3)nc2C2CCC(COCC)(COCC)CC2)C1. The van der Waals surface area contributed by atoms with Gasteiger partial charge in [0, 0.05) is 62.5 Å². The van der Waals surface area contributed by atoms with Crippen LogP contribution in [0.3, 0.4) is 0 Å². The largest absolute Gasteiger partial charge is 0.381 e. The second-order valence-corrected chi connectivity index (χ2v) is 9.95. The zero-order valence-corrected chi connectivity index (χ0v) is 19.7. The van der Waals surface area contributed by atoms with Crippen LogP contribution >= 0.6 is 0 Å². The van der Waals surface area contributed by atoms with Crippen molar-refractivity contribution in [3.05, 3.63) is 24.4 Å². The third kappa shape index (κ3) is 5.70. The Balaban J connectivity index is 1.47. The molecule has 175 valence electrons. The van der Waals surface area contributed by atoms with Gasteiger partial charge in [0.15, 0.2) is 0 Å². The Labute approximate surface area is 188 Å². The standard InChI is InChI=1S/C25H42N3O3/c1-4-29-18-25(19-30-5-2)11-9-21(10-12-25)24-22(16-27-14-20(3)15-27)17-28(26-24)23-8-6-7-13-31-23/h17,20-21,23H,3-16,18-19H2,1-2H3. The molecule has 3 fully saturated rings. The zero-order chi connectivity index (χ0) is 21.7. The van der Waals surface area contributed by atoms with E-state index in [9.17, 15) is 0 Å². The second-order valence-electron chi connectivity index (χ2n) is 9.95. The molecule has 1 saturated carbocycles. The molecule has 6 nitrogen and oxygen atoms in total. The molecule has 6 heteroatoms. The maximum Gasteiger partial charge on any atom is 0.150 e. The molecule has 31 heavy (non-hydrogen) atoms. The molecule has 0 aromatic carbocycles. The Morgan fingerprint density at radius 1 is 1.10 bits per heavy atom. The summed E-state index contributed by atoms with van der Waals surface area (Å²) in [6.07, 6.45) is 10.5. The number of nitrogens with zero attached hydrogens (tertiary/aromatic N) is 3. The molecule has 1 unspecified atom stereocenters. The third-order valence-electron chi connectivity index (χ3n) is 7.38. The fourth-order valence-corrected chi connectivity index (χ4v) is 5.51. The van der Waals surface area contributed by atoms with Crippen LogP contribution in [0.1, 0.15) is 82.2 Å². The van der Waals surface area contributed by atoms with Crippen molar-refractivity contribution in [2.75, 3.05) is 46.1 Å². The fourth-order valence-electron chi connectivity index (χ4n) is 5.51. The van der Waals surface area contributed by atoms with Crippen LogP contribution in [0.25, 0.3) is 0 Å². The summed E-state index contributed by atoms with van der Waals surface area (Å²) in [6.45, 7) is 15.6. The molecule has 1 aliphatic carbocycles. The predicted octanol–water partition coefficient (Wildman–Crippen LogP) is 4.57. The van der Waals surface area contributed by atoms with E-state index in [1.165, 1.54) is 24.1 Å². The van der Waals surface area contributed by atoms with Crippen LogP contribution in [0.2, 0.25) is 0 Å². The summed E-state index contributed by atoms with van der Waals surface area (Å²) in [4.78, 5) is 2.50. The topological polar surface area (TPSA) is 48.8 Å². The van der Waals surface area contributed by atoms with Gasteiger partial charge in [0.1, 0.15) is 6.23 Å². The Hall–Kier alpha value is -0.950. The van der Waals surface area contributed by atoms with E-state index in [4.69, 9.17) is 19.3 Å². The summed E-state index contributed by atoms with van der Waals surface area (Å²) < 4.78 is 19.9. The minimum atomic E-state index is 0.108. The van der Waals surface area contributed by atoms with Crippen molar-refractivity contribution in [2.24, 2.45) is 11.3 Å². The quantitative estimate of drug-likeness (QED) is 0.542. The van der Waals surface area contributed by atoms with Crippen molar-refractivity contribution in [2.45, 2.75) is 77.5 Å². The predicted molar refractivity (Wildman–Crippen MR) is 122 cm³/mol. The number of rotatable bonds is 10. The highest BCUT2D eigenvalue weighted by Crippen LogP contribution is 2.44. The molecule has 3 heterocycles. The molecule has 2 aliphatic heterocycles. The van der Waals surface area contributed by atoms with Crippen molar-refractivity contribution >= 4 is 0 Å². The lowest BCUT2D eigenvalue weighted by Crippen LogP contribution is -2.44. The molecular weight excluding hydrogens is 390 g/mol. The average Bonchev–Trinajstić information content (AvgIpc) is 3.20. The number of ether oxygens (including phenoxy) is 3. The van der Waals surface area contributed by atoms with Crippen LogP contribution in [0.5, 0.6) is 0 Å². The van der Waals surface area contributed by atoms with Crippen molar-refractivity contribution in [1.29, 1.82) is 0 Å². The van der Waals surface area contributed by atoms with Gasteiger partial charge in [-0.3, -0.25) is 4.90 Å². The van der Waals surface area contributed by atoms with Crippen molar-refractivity contribution in [3.8, 4) is 0 Å². The Morgan fingerprint density at radius 2 is 1.81 bits per heavy atom. The summed E-state index contributed by atoms with van der Waals surface area (Å²) in [5, 5.41) is 5.15. The Morgan fingerprint density at radius 3 is 2.39 bits per heavy atom. The van der Waals surface area contributed by atoms with Gasteiger partial charge in [-0.25, -0.2) is 4.68 Å². The van der Waals surface area contributed by atoms with E-state index < -0.39 is 0 Å². The molecule has 1 aromatic rings. The highest BCUT2D eigenvalue weighted by molar-refractivity contribution is 5.23. The van der Waals surface area contributed by atoms with Gasteiger partial charge in [0.25, 0.3) is 0 Å². The summed E-state index contributed by atoms with van der Waals surface area (Å²) in [6, 6.07) is 0. The lowest BCUT2D eigenvalue weighted by Gasteiger charge is -2.40. The molecular formula is C25H42N3O3. The second kappa shape index (κ2) is 10.8. The van der Waals surface area contributed by atoms with E-state index in [2.05, 4.69) is 36.5 Å². The summed E-state index contributed by atoms with van der Waals surface area (Å²) in [7, 11) is 0. The van der Waals surface area contributed by atoms with Gasteiger partial charge in [0.2, 0.25) is 0 Å². The van der Waals surface area contributed by atoms with E-state index in [0.717, 1.165) is 84.8 Å². The van der Waals surface area contributed by atoms with Gasteiger partial charge in [-0.15, -0.1) is 0 Å². The minimum Gasteiger partial charge on any atom is -0.381 e. The lowest BCUT2D eigenvalue weighted by atomic mass is 9.70. The molecule has 3 aliphatic rings. The van der Waals surface area contributed by atoms with Crippen LogP contribution in [-0.4, -0.2) is 60.8 Å². The molecule has 4 rings (SSSR count). The minimum absolute atomic E-state index is 0.108. The fraction of sp³-hybridized carbons (Fsp3) is 0.840. The number of hydrogen-bond acceptors (Lipinski definition) is 5. The summed E-state index contributed by atoms with van der Waals surface area (Å²) in [5.41, 5.74) is 2.87. The van der Waals surface area contributed by atoms with Crippen LogP contribution < -0.4 is 0 Å². The van der Waals surface area contributed by atoms with E-state index in [1.54, 1.807) is 0 Å². The average molecular weight is 433 g/mol. The van der Waals surface area contributed by atoms with E-state index >= 15 is 0 Å². The highest BCUT2D eigenvalue weighted by Gasteiger charge is 2.38. The van der Waals surface area contributed by atoms with Gasteiger partial charge in [-0.2, -0.15) is 5.10 Å². The number of hydrogen-bond donors (Lipinski definition) is 0. The van der Waals surface area contributed by atoms with Crippen LogP contribution in [0.15, 0.2) is 6.20 Å². The number of likely N-dealkylation sites (tertiary alicyclic amines) is 1. The molecule has 0 bridgehead atoms. The van der Waals surface area contributed by atoms with Gasteiger partial charge >= 0.3 is 0 Å². The summed E-state index contributed by atoms with van der Waals surface area (Å²) >= 11 is 0.